The minimum atomic E-state index is -1.11. The Morgan fingerprint density at radius 2 is 2.22 bits per heavy atom. The molecule has 18 heavy (non-hydrogen) atoms. The average Bonchev–Trinajstić information content (AvgIpc) is 2.34. The number of carbonyl (C=O) groups is 2. The number of carbonyl (C=O) groups excluding carboxylic acids is 1. The van der Waals surface area contributed by atoms with Crippen molar-refractivity contribution in [2.75, 3.05) is 13.2 Å². The predicted molar refractivity (Wildman–Crippen MR) is 62.8 cm³/mol. The molecule has 7 heteroatoms. The number of hydrogen-bond acceptors (Lipinski definition) is 4. The fraction of sp³-hybridized carbons (Fsp3) is 0.818. The van der Waals surface area contributed by atoms with Crippen LogP contribution in [0.3, 0.4) is 0 Å². The number of hydrogen-bond donors (Lipinski definition) is 3. The monoisotopic (exact) mass is 260 g/mol. The van der Waals surface area contributed by atoms with Gasteiger partial charge in [-0.05, 0) is 12.8 Å². The summed E-state index contributed by atoms with van der Waals surface area (Å²) in [5.74, 6) is -1.11. The second kappa shape index (κ2) is 7.17. The Labute approximate surface area is 106 Å². The van der Waals surface area contributed by atoms with Crippen molar-refractivity contribution in [3.05, 3.63) is 0 Å². The Morgan fingerprint density at radius 3 is 2.83 bits per heavy atom. The van der Waals surface area contributed by atoms with Crippen molar-refractivity contribution < 1.29 is 24.6 Å². The lowest BCUT2D eigenvalue weighted by Gasteiger charge is -2.34. The van der Waals surface area contributed by atoms with Gasteiger partial charge in [0.25, 0.3) is 0 Å². The van der Waals surface area contributed by atoms with E-state index in [9.17, 15) is 14.7 Å². The van der Waals surface area contributed by atoms with Crippen LogP contribution in [0.2, 0.25) is 0 Å². The van der Waals surface area contributed by atoms with Crippen LogP contribution in [0.15, 0.2) is 0 Å². The highest BCUT2D eigenvalue weighted by Gasteiger charge is 2.35. The molecule has 0 aromatic carbocycles. The second-order valence-electron chi connectivity index (χ2n) is 4.33. The van der Waals surface area contributed by atoms with Crippen molar-refractivity contribution >= 4 is 12.0 Å². The van der Waals surface area contributed by atoms with E-state index in [1.807, 2.05) is 6.92 Å². The summed E-state index contributed by atoms with van der Waals surface area (Å²) < 4.78 is 0. The number of nitrogens with one attached hydrogen (secondary N) is 1. The Balaban J connectivity index is 2.46. The Morgan fingerprint density at radius 1 is 1.50 bits per heavy atom. The average molecular weight is 260 g/mol. The molecule has 0 aromatic rings. The van der Waals surface area contributed by atoms with Gasteiger partial charge in [0.15, 0.2) is 0 Å². The molecule has 2 amide bonds. The molecule has 1 aliphatic rings. The summed E-state index contributed by atoms with van der Waals surface area (Å²) in [7, 11) is 0. The molecule has 0 spiro atoms. The van der Waals surface area contributed by atoms with Gasteiger partial charge in [0.1, 0.15) is 6.04 Å². The standard InChI is InChI=1S/C11H20N2O5/c1-2-3-6-18-12-11(17)13-5-4-8(14)7-9(13)10(15)16/h8-9,14H,2-7H2,1H3,(H,12,17)(H,15,16)/t8-,9-/m0/s1. The van der Waals surface area contributed by atoms with Gasteiger partial charge in [-0.25, -0.2) is 15.1 Å². The molecule has 1 saturated heterocycles. The van der Waals surface area contributed by atoms with Crippen molar-refractivity contribution in [2.24, 2.45) is 0 Å². The van der Waals surface area contributed by atoms with Crippen LogP contribution in [-0.2, 0) is 9.63 Å². The van der Waals surface area contributed by atoms with Crippen LogP contribution in [0, 0.1) is 0 Å². The van der Waals surface area contributed by atoms with E-state index in [1.54, 1.807) is 0 Å². The van der Waals surface area contributed by atoms with Crippen molar-refractivity contribution in [3.63, 3.8) is 0 Å². The van der Waals surface area contributed by atoms with Gasteiger partial charge < -0.3 is 15.1 Å². The number of hydroxylamine groups is 1. The first-order chi connectivity index (χ1) is 8.56. The quantitative estimate of drug-likeness (QED) is 0.489. The molecular formula is C11H20N2O5. The molecule has 0 aliphatic carbocycles. The van der Waals surface area contributed by atoms with E-state index in [0.29, 0.717) is 13.0 Å². The topological polar surface area (TPSA) is 99.1 Å². The molecule has 1 fully saturated rings. The fourth-order valence-electron chi connectivity index (χ4n) is 1.81. The molecule has 104 valence electrons. The molecule has 2 atom stereocenters. The number of carboxylic acids is 1. The predicted octanol–water partition coefficient (Wildman–Crippen LogP) is 0.338. The van der Waals surface area contributed by atoms with E-state index in [1.165, 1.54) is 4.90 Å². The molecule has 1 rings (SSSR count). The maximum absolute atomic E-state index is 11.7. The van der Waals surface area contributed by atoms with Crippen LogP contribution in [0.4, 0.5) is 4.79 Å². The van der Waals surface area contributed by atoms with Crippen molar-refractivity contribution in [1.82, 2.24) is 10.4 Å². The first-order valence-electron chi connectivity index (χ1n) is 6.15. The van der Waals surface area contributed by atoms with Gasteiger partial charge in [-0.3, -0.25) is 4.84 Å². The fourth-order valence-corrected chi connectivity index (χ4v) is 1.81. The number of rotatable bonds is 5. The van der Waals surface area contributed by atoms with Crippen LogP contribution >= 0.6 is 0 Å². The van der Waals surface area contributed by atoms with E-state index in [2.05, 4.69) is 5.48 Å². The molecule has 0 aromatic heterocycles. The normalized spacial score (nSPS) is 23.8. The zero-order valence-electron chi connectivity index (χ0n) is 10.5. The van der Waals surface area contributed by atoms with Gasteiger partial charge >= 0.3 is 12.0 Å². The Kier molecular flexibility index (Phi) is 5.87. The number of aliphatic carboxylic acids is 1. The number of nitrogens with zero attached hydrogens (tertiary/aromatic N) is 1. The zero-order chi connectivity index (χ0) is 13.5. The molecule has 0 bridgehead atoms. The molecular weight excluding hydrogens is 240 g/mol. The maximum Gasteiger partial charge on any atom is 0.342 e. The molecule has 1 heterocycles. The minimum Gasteiger partial charge on any atom is -0.480 e. The van der Waals surface area contributed by atoms with E-state index >= 15 is 0 Å². The molecule has 0 radical (unpaired) electrons. The molecule has 7 nitrogen and oxygen atoms in total. The highest BCUT2D eigenvalue weighted by atomic mass is 16.7. The Hall–Kier alpha value is -1.34. The number of aliphatic hydroxyl groups excluding tert-OH is 1. The van der Waals surface area contributed by atoms with Crippen LogP contribution in [-0.4, -0.2) is 52.4 Å². The molecule has 0 saturated carbocycles. The van der Waals surface area contributed by atoms with Crippen molar-refractivity contribution in [2.45, 2.75) is 44.8 Å². The van der Waals surface area contributed by atoms with E-state index in [4.69, 9.17) is 9.94 Å². The van der Waals surface area contributed by atoms with Crippen LogP contribution in [0.5, 0.6) is 0 Å². The smallest absolute Gasteiger partial charge is 0.342 e. The second-order valence-corrected chi connectivity index (χ2v) is 4.33. The largest absolute Gasteiger partial charge is 0.480 e. The lowest BCUT2D eigenvalue weighted by atomic mass is 10.00. The van der Waals surface area contributed by atoms with Gasteiger partial charge in [0.05, 0.1) is 12.7 Å². The molecule has 0 unspecified atom stereocenters. The van der Waals surface area contributed by atoms with E-state index in [-0.39, 0.29) is 13.0 Å². The minimum absolute atomic E-state index is 0.0533. The third-order valence-corrected chi connectivity index (χ3v) is 2.88. The SMILES string of the molecule is CCCCONC(=O)N1CC[C@H](O)C[C@H]1C(=O)O. The van der Waals surface area contributed by atoms with E-state index < -0.39 is 24.1 Å². The molecule has 3 N–H and O–H groups in total. The van der Waals surface area contributed by atoms with Gasteiger partial charge in [0, 0.05) is 13.0 Å². The summed E-state index contributed by atoms with van der Waals surface area (Å²) in [4.78, 5) is 28.9. The summed E-state index contributed by atoms with van der Waals surface area (Å²) >= 11 is 0. The summed E-state index contributed by atoms with van der Waals surface area (Å²) in [5, 5.41) is 18.4. The highest BCUT2D eigenvalue weighted by Crippen LogP contribution is 2.17. The number of likely N-dealkylation sites (tertiary alicyclic amines) is 1. The lowest BCUT2D eigenvalue weighted by Crippen LogP contribution is -2.54. The summed E-state index contributed by atoms with van der Waals surface area (Å²) in [5.41, 5.74) is 2.23. The van der Waals surface area contributed by atoms with Crippen LogP contribution in [0.1, 0.15) is 32.6 Å². The van der Waals surface area contributed by atoms with Crippen molar-refractivity contribution in [3.8, 4) is 0 Å². The van der Waals surface area contributed by atoms with Crippen LogP contribution in [0.25, 0.3) is 0 Å². The summed E-state index contributed by atoms with van der Waals surface area (Å²) in [6, 6.07) is -1.56. The first kappa shape index (κ1) is 14.7. The lowest BCUT2D eigenvalue weighted by molar-refractivity contribution is -0.145. The first-order valence-corrected chi connectivity index (χ1v) is 6.15. The van der Waals surface area contributed by atoms with Gasteiger partial charge in [-0.2, -0.15) is 0 Å². The zero-order valence-corrected chi connectivity index (χ0v) is 10.5. The third kappa shape index (κ3) is 4.15. The summed E-state index contributed by atoms with van der Waals surface area (Å²) in [6.07, 6.45) is 1.53. The number of aliphatic hydroxyl groups is 1. The number of unbranched alkanes of at least 4 members (excludes halogenated alkanes) is 1. The number of piperidine rings is 1. The van der Waals surface area contributed by atoms with Gasteiger partial charge in [-0.15, -0.1) is 0 Å². The molecule has 1 aliphatic heterocycles. The Bertz CT molecular complexity index is 297. The maximum atomic E-state index is 11.7. The number of amides is 2. The number of carboxylic acid groups (broad SMARTS) is 1. The summed E-state index contributed by atoms with van der Waals surface area (Å²) in [6.45, 7) is 2.61. The van der Waals surface area contributed by atoms with Gasteiger partial charge in [0.2, 0.25) is 0 Å². The van der Waals surface area contributed by atoms with Gasteiger partial charge in [-0.1, -0.05) is 13.3 Å². The number of urea groups is 1. The van der Waals surface area contributed by atoms with E-state index in [0.717, 1.165) is 12.8 Å². The highest BCUT2D eigenvalue weighted by molar-refractivity contribution is 5.82. The third-order valence-electron chi connectivity index (χ3n) is 2.88. The van der Waals surface area contributed by atoms with Crippen molar-refractivity contribution in [1.29, 1.82) is 0 Å². The van der Waals surface area contributed by atoms with Crippen LogP contribution < -0.4 is 5.48 Å².